The summed E-state index contributed by atoms with van der Waals surface area (Å²) in [5, 5.41) is 7.83. The molecule has 0 atom stereocenters. The molecule has 9 heteroatoms. The largest absolute Gasteiger partial charge is 0.444 e. The Bertz CT molecular complexity index is 808. The summed E-state index contributed by atoms with van der Waals surface area (Å²) in [7, 11) is 0. The third-order valence-electron chi connectivity index (χ3n) is 4.45. The van der Waals surface area contributed by atoms with Crippen LogP contribution in [0.4, 0.5) is 10.6 Å². The summed E-state index contributed by atoms with van der Waals surface area (Å²) in [6.45, 7) is 7.05. The van der Waals surface area contributed by atoms with Crippen molar-refractivity contribution in [1.82, 2.24) is 24.6 Å². The number of rotatable bonds is 3. The number of nitrogens with zero attached hydrogens (tertiary/aromatic N) is 5. The van der Waals surface area contributed by atoms with E-state index in [0.717, 1.165) is 25.0 Å². The second kappa shape index (κ2) is 7.72. The monoisotopic (exact) mass is 392 g/mol. The lowest BCUT2D eigenvalue weighted by Gasteiger charge is -2.33. The molecule has 1 saturated heterocycles. The molecule has 1 fully saturated rings. The Kier molecular flexibility index (Phi) is 5.55. The number of nitrogens with two attached hydrogens (primary N) is 1. The minimum atomic E-state index is -0.465. The quantitative estimate of drug-likeness (QED) is 0.861. The molecule has 3 rings (SSSR count). The van der Waals surface area contributed by atoms with Crippen molar-refractivity contribution in [3.63, 3.8) is 0 Å². The maximum Gasteiger partial charge on any atom is 0.410 e. The molecule has 2 aromatic rings. The summed E-state index contributed by atoms with van der Waals surface area (Å²) < 4.78 is 7.25. The highest BCUT2D eigenvalue weighted by molar-refractivity contribution is 6.29. The molecule has 0 unspecified atom stereocenters. The smallest absolute Gasteiger partial charge is 0.410 e. The second-order valence-corrected chi connectivity index (χ2v) is 8.21. The van der Waals surface area contributed by atoms with E-state index in [1.165, 1.54) is 0 Å². The third-order valence-corrected chi connectivity index (χ3v) is 4.63. The molecule has 3 heterocycles. The molecule has 146 valence electrons. The van der Waals surface area contributed by atoms with Gasteiger partial charge in [0.25, 0.3) is 0 Å². The molecule has 1 aliphatic heterocycles. The van der Waals surface area contributed by atoms with Gasteiger partial charge in [-0.05, 0) is 46.0 Å². The number of carbonyl (C=O) groups excluding carboxylic acids is 1. The van der Waals surface area contributed by atoms with E-state index >= 15 is 0 Å². The topological polar surface area (TPSA) is 99.2 Å². The molecule has 0 aromatic carbocycles. The Morgan fingerprint density at radius 1 is 1.33 bits per heavy atom. The van der Waals surface area contributed by atoms with Crippen LogP contribution < -0.4 is 5.73 Å². The molecule has 1 amide bonds. The Morgan fingerprint density at radius 2 is 2.04 bits per heavy atom. The van der Waals surface area contributed by atoms with Gasteiger partial charge in [-0.2, -0.15) is 0 Å². The number of halogens is 1. The first-order chi connectivity index (χ1) is 12.7. The van der Waals surface area contributed by atoms with E-state index in [2.05, 4.69) is 15.2 Å². The summed E-state index contributed by atoms with van der Waals surface area (Å²) in [4.78, 5) is 18.4. The number of amides is 1. The minimum Gasteiger partial charge on any atom is -0.444 e. The van der Waals surface area contributed by atoms with Crippen molar-refractivity contribution in [2.75, 3.05) is 18.8 Å². The molecule has 0 aliphatic carbocycles. The van der Waals surface area contributed by atoms with E-state index in [1.807, 2.05) is 27.0 Å². The number of likely N-dealkylation sites (tertiary alicyclic amines) is 1. The molecule has 2 aromatic heterocycles. The van der Waals surface area contributed by atoms with Crippen LogP contribution in [0, 0.1) is 5.92 Å². The highest BCUT2D eigenvalue weighted by Gasteiger charge is 2.27. The number of anilines is 1. The van der Waals surface area contributed by atoms with Gasteiger partial charge in [0.1, 0.15) is 5.60 Å². The van der Waals surface area contributed by atoms with E-state index in [1.54, 1.807) is 21.9 Å². The summed E-state index contributed by atoms with van der Waals surface area (Å²) >= 11 is 5.90. The van der Waals surface area contributed by atoms with Gasteiger partial charge < -0.3 is 19.9 Å². The van der Waals surface area contributed by atoms with Crippen molar-refractivity contribution in [3.8, 4) is 5.69 Å². The zero-order chi connectivity index (χ0) is 19.6. The Labute approximate surface area is 163 Å². The predicted molar refractivity (Wildman–Crippen MR) is 103 cm³/mol. The van der Waals surface area contributed by atoms with E-state index in [0.29, 0.717) is 30.5 Å². The number of carbonyl (C=O) groups is 1. The van der Waals surface area contributed by atoms with Gasteiger partial charge in [0.2, 0.25) is 0 Å². The van der Waals surface area contributed by atoms with Gasteiger partial charge in [-0.15, -0.1) is 10.2 Å². The second-order valence-electron chi connectivity index (χ2n) is 7.82. The fourth-order valence-corrected chi connectivity index (χ4v) is 3.26. The molecule has 1 aliphatic rings. The number of hydrogen-bond acceptors (Lipinski definition) is 6. The minimum absolute atomic E-state index is 0.234. The Hall–Kier alpha value is -2.35. The molecule has 2 N–H and O–H groups in total. The number of hydrogen-bond donors (Lipinski definition) is 1. The Morgan fingerprint density at radius 3 is 2.70 bits per heavy atom. The van der Waals surface area contributed by atoms with Crippen molar-refractivity contribution in [1.29, 1.82) is 0 Å². The van der Waals surface area contributed by atoms with Crippen molar-refractivity contribution in [2.45, 2.75) is 45.6 Å². The van der Waals surface area contributed by atoms with E-state index in [9.17, 15) is 4.79 Å². The molecular formula is C18H25ClN6O2. The van der Waals surface area contributed by atoms with Gasteiger partial charge in [0, 0.05) is 25.4 Å². The number of ether oxygens (including phenoxy) is 1. The lowest BCUT2D eigenvalue weighted by atomic mass is 9.92. The maximum atomic E-state index is 12.2. The third kappa shape index (κ3) is 5.09. The zero-order valence-electron chi connectivity index (χ0n) is 15.9. The normalized spacial score (nSPS) is 15.8. The summed E-state index contributed by atoms with van der Waals surface area (Å²) in [6.07, 6.45) is 6.11. The van der Waals surface area contributed by atoms with E-state index in [4.69, 9.17) is 22.1 Å². The molecule has 0 radical (unpaired) electrons. The van der Waals surface area contributed by atoms with Crippen molar-refractivity contribution < 1.29 is 9.53 Å². The lowest BCUT2D eigenvalue weighted by Crippen LogP contribution is -2.42. The van der Waals surface area contributed by atoms with Gasteiger partial charge in [-0.3, -0.25) is 0 Å². The SMILES string of the molecule is CC(C)(C)OC(=O)N1CCC(Cc2cn(-c3cc(Cl)nnc3N)cn2)CC1. The summed E-state index contributed by atoms with van der Waals surface area (Å²) in [5.41, 5.74) is 7.04. The number of piperidine rings is 1. The van der Waals surface area contributed by atoms with Crippen LogP contribution in [0.5, 0.6) is 0 Å². The summed E-state index contributed by atoms with van der Waals surface area (Å²) in [6, 6.07) is 1.66. The zero-order valence-corrected chi connectivity index (χ0v) is 16.6. The van der Waals surface area contributed by atoms with Gasteiger partial charge in [0.05, 0.1) is 17.7 Å². The molecule has 0 bridgehead atoms. The molecule has 0 saturated carbocycles. The van der Waals surface area contributed by atoms with Gasteiger partial charge in [-0.1, -0.05) is 11.6 Å². The highest BCUT2D eigenvalue weighted by atomic mass is 35.5. The highest BCUT2D eigenvalue weighted by Crippen LogP contribution is 2.24. The first-order valence-corrected chi connectivity index (χ1v) is 9.39. The number of imidazole rings is 1. The van der Waals surface area contributed by atoms with Gasteiger partial charge in [-0.25, -0.2) is 9.78 Å². The fraction of sp³-hybridized carbons (Fsp3) is 0.556. The molecular weight excluding hydrogens is 368 g/mol. The van der Waals surface area contributed by atoms with Crippen molar-refractivity contribution >= 4 is 23.5 Å². The van der Waals surface area contributed by atoms with Crippen molar-refractivity contribution in [2.24, 2.45) is 5.92 Å². The van der Waals surface area contributed by atoms with Gasteiger partial charge in [0.15, 0.2) is 11.0 Å². The Balaban J connectivity index is 1.56. The van der Waals surface area contributed by atoms with Crippen LogP contribution in [0.15, 0.2) is 18.6 Å². The molecule has 8 nitrogen and oxygen atoms in total. The lowest BCUT2D eigenvalue weighted by molar-refractivity contribution is 0.0184. The van der Waals surface area contributed by atoms with Crippen LogP contribution in [0.25, 0.3) is 5.69 Å². The first-order valence-electron chi connectivity index (χ1n) is 9.01. The van der Waals surface area contributed by atoms with Crippen LogP contribution in [0.1, 0.15) is 39.3 Å². The fourth-order valence-electron chi connectivity index (χ4n) is 3.12. The molecule has 0 spiro atoms. The predicted octanol–water partition coefficient (Wildman–Crippen LogP) is 3.09. The summed E-state index contributed by atoms with van der Waals surface area (Å²) in [5.74, 6) is 0.776. The van der Waals surface area contributed by atoms with Gasteiger partial charge >= 0.3 is 6.09 Å². The van der Waals surface area contributed by atoms with Crippen LogP contribution in [0.2, 0.25) is 5.15 Å². The van der Waals surface area contributed by atoms with Crippen LogP contribution in [-0.2, 0) is 11.2 Å². The maximum absolute atomic E-state index is 12.2. The van der Waals surface area contributed by atoms with Crippen LogP contribution in [-0.4, -0.2) is 49.4 Å². The molecule has 27 heavy (non-hydrogen) atoms. The first kappa shape index (κ1) is 19.4. The number of aromatic nitrogens is 4. The average Bonchev–Trinajstić information content (AvgIpc) is 3.04. The van der Waals surface area contributed by atoms with E-state index < -0.39 is 5.60 Å². The van der Waals surface area contributed by atoms with Crippen LogP contribution >= 0.6 is 11.6 Å². The number of nitrogen functional groups attached to an aromatic ring is 1. The van der Waals surface area contributed by atoms with E-state index in [-0.39, 0.29) is 11.2 Å². The van der Waals surface area contributed by atoms with Crippen LogP contribution in [0.3, 0.4) is 0 Å². The standard InChI is InChI=1S/C18H25ClN6O2/c1-18(2,3)27-17(26)24-6-4-12(5-7-24)8-13-10-25(11-21-13)14-9-15(19)22-23-16(14)20/h9-12H,4-8H2,1-3H3,(H2,20,23). The average molecular weight is 393 g/mol. The van der Waals surface area contributed by atoms with Crippen molar-refractivity contribution in [3.05, 3.63) is 29.4 Å².